The second-order valence-corrected chi connectivity index (χ2v) is 9.37. The van der Waals surface area contributed by atoms with Crippen LogP contribution in [-0.4, -0.2) is 148 Å². The molecule has 0 saturated heterocycles. The lowest BCUT2D eigenvalue weighted by Crippen LogP contribution is -2.17. The SMILES string of the molecule is CCCCCCCOCCOCCOCCOCCOCCOCCOCCOCCOCCOC(=O)CCC(=O)C(=O)O. The van der Waals surface area contributed by atoms with E-state index in [1.165, 1.54) is 25.7 Å². The van der Waals surface area contributed by atoms with Gasteiger partial charge in [0.05, 0.1) is 119 Å². The maximum Gasteiger partial charge on any atom is 0.372 e. The summed E-state index contributed by atoms with van der Waals surface area (Å²) in [6.07, 6.45) is 5.57. The van der Waals surface area contributed by atoms with Gasteiger partial charge in [0, 0.05) is 13.0 Å². The van der Waals surface area contributed by atoms with E-state index in [9.17, 15) is 14.4 Å². The van der Waals surface area contributed by atoms with E-state index in [1.807, 2.05) is 0 Å². The van der Waals surface area contributed by atoms with Gasteiger partial charge in [0.1, 0.15) is 6.61 Å². The maximum atomic E-state index is 11.4. The summed E-state index contributed by atoms with van der Waals surface area (Å²) < 4.78 is 53.7. The van der Waals surface area contributed by atoms with Crippen LogP contribution in [0.3, 0.4) is 0 Å². The molecule has 0 fully saturated rings. The van der Waals surface area contributed by atoms with Crippen molar-refractivity contribution in [3.8, 4) is 0 Å². The summed E-state index contributed by atoms with van der Waals surface area (Å²) in [5.74, 6) is -3.23. The molecule has 1 N–H and O–H groups in total. The lowest BCUT2D eigenvalue weighted by molar-refractivity contribution is -0.151. The average Bonchev–Trinajstić information content (AvgIpc) is 3.02. The third-order valence-corrected chi connectivity index (χ3v) is 5.65. The van der Waals surface area contributed by atoms with Gasteiger partial charge in [0.2, 0.25) is 5.78 Å². The number of carbonyl (C=O) groups excluding carboxylic acids is 2. The van der Waals surface area contributed by atoms with Crippen molar-refractivity contribution >= 4 is 17.7 Å². The van der Waals surface area contributed by atoms with Gasteiger partial charge >= 0.3 is 11.9 Å². The van der Waals surface area contributed by atoms with E-state index in [4.69, 9.17) is 52.5 Å². The Kier molecular flexibility index (Phi) is 34.3. The minimum atomic E-state index is -1.56. The molecule has 0 aliphatic carbocycles. The Morgan fingerprint density at radius 3 is 1.07 bits per heavy atom. The fourth-order valence-electron chi connectivity index (χ4n) is 3.28. The number of esters is 1. The molecule has 14 heteroatoms. The summed E-state index contributed by atoms with van der Waals surface area (Å²) >= 11 is 0. The van der Waals surface area contributed by atoms with Crippen molar-refractivity contribution in [3.63, 3.8) is 0 Å². The Morgan fingerprint density at radius 1 is 0.409 bits per heavy atom. The number of ether oxygens (including phenoxy) is 10. The smallest absolute Gasteiger partial charge is 0.372 e. The first kappa shape index (κ1) is 42.2. The number of unbranched alkanes of at least 4 members (excludes halogenated alkanes) is 4. The fourth-order valence-corrected chi connectivity index (χ4v) is 3.28. The summed E-state index contributed by atoms with van der Waals surface area (Å²) in [5.41, 5.74) is 0. The van der Waals surface area contributed by atoms with Crippen LogP contribution in [0, 0.1) is 0 Å². The molecule has 14 nitrogen and oxygen atoms in total. The van der Waals surface area contributed by atoms with Crippen molar-refractivity contribution in [1.29, 1.82) is 0 Å². The van der Waals surface area contributed by atoms with E-state index in [0.29, 0.717) is 106 Å². The molecule has 0 aromatic carbocycles. The van der Waals surface area contributed by atoms with Gasteiger partial charge in [0.25, 0.3) is 0 Å². The fraction of sp³-hybridized carbons (Fsp3) is 0.900. The first-order valence-corrected chi connectivity index (χ1v) is 15.7. The first-order chi connectivity index (χ1) is 21.6. The summed E-state index contributed by atoms with van der Waals surface area (Å²) in [4.78, 5) is 32.6. The largest absolute Gasteiger partial charge is 0.476 e. The number of hydrogen-bond acceptors (Lipinski definition) is 13. The number of rotatable bonds is 37. The Hall–Kier alpha value is -1.75. The van der Waals surface area contributed by atoms with Crippen molar-refractivity contribution in [1.82, 2.24) is 0 Å². The molecule has 0 unspecified atom stereocenters. The highest BCUT2D eigenvalue weighted by Crippen LogP contribution is 2.02. The second-order valence-electron chi connectivity index (χ2n) is 9.37. The van der Waals surface area contributed by atoms with E-state index >= 15 is 0 Å². The normalized spacial score (nSPS) is 11.2. The van der Waals surface area contributed by atoms with E-state index in [2.05, 4.69) is 6.92 Å². The van der Waals surface area contributed by atoms with Crippen molar-refractivity contribution in [2.45, 2.75) is 51.9 Å². The Labute approximate surface area is 262 Å². The van der Waals surface area contributed by atoms with E-state index in [-0.39, 0.29) is 26.1 Å². The van der Waals surface area contributed by atoms with Gasteiger partial charge in [-0.15, -0.1) is 0 Å². The van der Waals surface area contributed by atoms with Crippen LogP contribution in [-0.2, 0) is 61.8 Å². The van der Waals surface area contributed by atoms with Crippen LogP contribution >= 0.6 is 0 Å². The number of carboxylic acid groups (broad SMARTS) is 1. The highest BCUT2D eigenvalue weighted by atomic mass is 16.6. The third-order valence-electron chi connectivity index (χ3n) is 5.65. The minimum absolute atomic E-state index is 0.0186. The lowest BCUT2D eigenvalue weighted by atomic mass is 10.2. The molecule has 0 aliphatic rings. The van der Waals surface area contributed by atoms with E-state index < -0.39 is 17.7 Å². The zero-order chi connectivity index (χ0) is 32.2. The molecular weight excluding hydrogens is 584 g/mol. The standard InChI is InChI=1S/C30H56O14/c1-2-3-4-5-6-9-35-10-11-36-12-13-37-14-15-38-16-17-39-18-19-40-20-21-41-22-23-42-24-25-43-26-27-44-29(32)8-7-28(31)30(33)34/h2-27H2,1H3,(H,33,34). The van der Waals surface area contributed by atoms with Crippen LogP contribution < -0.4 is 0 Å². The first-order valence-electron chi connectivity index (χ1n) is 15.7. The topological polar surface area (TPSA) is 164 Å². The quantitative estimate of drug-likeness (QED) is 0.0596. The zero-order valence-corrected chi connectivity index (χ0v) is 26.6. The van der Waals surface area contributed by atoms with Gasteiger partial charge in [0.15, 0.2) is 0 Å². The maximum absolute atomic E-state index is 11.4. The summed E-state index contributed by atoms with van der Waals surface area (Å²) in [6.45, 7) is 10.9. The zero-order valence-electron chi connectivity index (χ0n) is 26.6. The molecule has 0 spiro atoms. The molecule has 0 atom stereocenters. The third kappa shape index (κ3) is 34.7. The van der Waals surface area contributed by atoms with Gasteiger partial charge in [-0.3, -0.25) is 9.59 Å². The summed E-state index contributed by atoms with van der Waals surface area (Å²) in [6, 6.07) is 0. The van der Waals surface area contributed by atoms with Crippen LogP contribution in [0.1, 0.15) is 51.9 Å². The molecule has 0 aliphatic heterocycles. The van der Waals surface area contributed by atoms with Crippen molar-refractivity contribution < 1.29 is 66.9 Å². The van der Waals surface area contributed by atoms with Crippen LogP contribution in [0.2, 0.25) is 0 Å². The average molecular weight is 641 g/mol. The number of Topliss-reactive ketones (excluding diaryl/α,β-unsaturated/α-hetero) is 1. The molecule has 0 heterocycles. The Bertz CT molecular complexity index is 649. The number of hydrogen-bond donors (Lipinski definition) is 1. The number of carboxylic acids is 1. The van der Waals surface area contributed by atoms with Crippen LogP contribution in [0.15, 0.2) is 0 Å². The van der Waals surface area contributed by atoms with Crippen LogP contribution in [0.4, 0.5) is 0 Å². The van der Waals surface area contributed by atoms with E-state index in [1.54, 1.807) is 0 Å². The van der Waals surface area contributed by atoms with Crippen molar-refractivity contribution in [2.75, 3.05) is 126 Å². The molecule has 0 bridgehead atoms. The predicted molar refractivity (Wildman–Crippen MR) is 159 cm³/mol. The number of carbonyl (C=O) groups is 3. The molecule has 0 radical (unpaired) electrons. The molecule has 0 aromatic heterocycles. The van der Waals surface area contributed by atoms with Gasteiger partial charge < -0.3 is 52.5 Å². The van der Waals surface area contributed by atoms with Crippen molar-refractivity contribution in [2.24, 2.45) is 0 Å². The molecule has 0 aromatic rings. The van der Waals surface area contributed by atoms with Crippen molar-refractivity contribution in [3.05, 3.63) is 0 Å². The number of aliphatic carboxylic acids is 1. The molecule has 0 amide bonds. The van der Waals surface area contributed by atoms with E-state index in [0.717, 1.165) is 13.0 Å². The minimum Gasteiger partial charge on any atom is -0.476 e. The molecule has 260 valence electrons. The van der Waals surface area contributed by atoms with Gasteiger partial charge in [-0.05, 0) is 6.42 Å². The number of ketones is 1. The summed E-state index contributed by atoms with van der Waals surface area (Å²) in [7, 11) is 0. The van der Waals surface area contributed by atoms with Crippen LogP contribution in [0.5, 0.6) is 0 Å². The second kappa shape index (κ2) is 35.7. The lowest BCUT2D eigenvalue weighted by Gasteiger charge is -2.09. The Balaban J connectivity index is 3.12. The monoisotopic (exact) mass is 640 g/mol. The van der Waals surface area contributed by atoms with Gasteiger partial charge in [-0.1, -0.05) is 32.6 Å². The predicted octanol–water partition coefficient (Wildman–Crippen LogP) is 2.08. The highest BCUT2D eigenvalue weighted by molar-refractivity contribution is 6.32. The molecular formula is C30H56O14. The highest BCUT2D eigenvalue weighted by Gasteiger charge is 2.14. The van der Waals surface area contributed by atoms with Crippen LogP contribution in [0.25, 0.3) is 0 Å². The molecule has 0 rings (SSSR count). The van der Waals surface area contributed by atoms with Gasteiger partial charge in [-0.25, -0.2) is 4.79 Å². The Morgan fingerprint density at radius 2 is 0.727 bits per heavy atom. The van der Waals surface area contributed by atoms with Gasteiger partial charge in [-0.2, -0.15) is 0 Å². The molecule has 0 saturated carbocycles. The molecule has 44 heavy (non-hydrogen) atoms. The summed E-state index contributed by atoms with van der Waals surface area (Å²) in [5, 5.41) is 8.43.